The summed E-state index contributed by atoms with van der Waals surface area (Å²) in [6, 6.07) is 5.50. The number of halogens is 2. The van der Waals surface area contributed by atoms with Gasteiger partial charge in [-0.3, -0.25) is 0 Å². The van der Waals surface area contributed by atoms with E-state index in [2.05, 4.69) is 25.9 Å². The molecule has 1 heterocycles. The molecule has 1 aromatic heterocycles. The van der Waals surface area contributed by atoms with Crippen LogP contribution in [0.15, 0.2) is 29.0 Å². The normalized spacial score (nSPS) is 10.3. The smallest absolute Gasteiger partial charge is 0.238 e. The molecule has 0 aliphatic carbocycles. The standard InChI is InChI=1S/C11H9BrClN3O/c1-6-2-3-8(7(13)4-6)17-11-9(12)10(14)15-5-16-11/h2-5H,1H3,(H2,14,15,16). The molecule has 17 heavy (non-hydrogen) atoms. The molecule has 0 saturated carbocycles. The number of nitrogen functional groups attached to an aromatic ring is 1. The first-order valence-electron chi connectivity index (χ1n) is 4.78. The highest BCUT2D eigenvalue weighted by atomic mass is 79.9. The molecule has 0 bridgehead atoms. The highest BCUT2D eigenvalue weighted by molar-refractivity contribution is 9.10. The molecule has 0 unspecified atom stereocenters. The minimum atomic E-state index is 0.318. The Labute approximate surface area is 112 Å². The van der Waals surface area contributed by atoms with Crippen molar-refractivity contribution in [2.24, 2.45) is 0 Å². The Balaban J connectivity index is 2.35. The number of aromatic nitrogens is 2. The van der Waals surface area contributed by atoms with E-state index in [1.165, 1.54) is 6.33 Å². The number of nitrogens with zero attached hydrogens (tertiary/aromatic N) is 2. The molecular weight excluding hydrogens is 305 g/mol. The van der Waals surface area contributed by atoms with E-state index in [9.17, 15) is 0 Å². The minimum Gasteiger partial charge on any atom is -0.436 e. The Morgan fingerprint density at radius 3 is 2.82 bits per heavy atom. The molecule has 4 nitrogen and oxygen atoms in total. The lowest BCUT2D eigenvalue weighted by Crippen LogP contribution is -1.97. The van der Waals surface area contributed by atoms with Crippen molar-refractivity contribution in [3.05, 3.63) is 39.6 Å². The SMILES string of the molecule is Cc1ccc(Oc2ncnc(N)c2Br)c(Cl)c1. The molecule has 0 aliphatic heterocycles. The van der Waals surface area contributed by atoms with Gasteiger partial charge in [-0.25, -0.2) is 9.97 Å². The first-order chi connectivity index (χ1) is 8.08. The Morgan fingerprint density at radius 1 is 1.35 bits per heavy atom. The summed E-state index contributed by atoms with van der Waals surface area (Å²) in [4.78, 5) is 7.80. The van der Waals surface area contributed by atoms with Crippen molar-refractivity contribution >= 4 is 33.3 Å². The van der Waals surface area contributed by atoms with Crippen LogP contribution in [0.3, 0.4) is 0 Å². The first kappa shape index (κ1) is 12.1. The van der Waals surface area contributed by atoms with Gasteiger partial charge >= 0.3 is 0 Å². The monoisotopic (exact) mass is 313 g/mol. The molecule has 6 heteroatoms. The lowest BCUT2D eigenvalue weighted by Gasteiger charge is -2.09. The predicted molar refractivity (Wildman–Crippen MR) is 70.4 cm³/mol. The van der Waals surface area contributed by atoms with Crippen LogP contribution >= 0.6 is 27.5 Å². The Hall–Kier alpha value is -1.33. The molecule has 0 saturated heterocycles. The first-order valence-corrected chi connectivity index (χ1v) is 5.95. The maximum absolute atomic E-state index is 6.06. The van der Waals surface area contributed by atoms with Crippen LogP contribution in [-0.2, 0) is 0 Å². The second-order valence-corrected chi connectivity index (χ2v) is 4.61. The summed E-state index contributed by atoms with van der Waals surface area (Å²) in [5.74, 6) is 1.18. The van der Waals surface area contributed by atoms with E-state index in [0.717, 1.165) is 5.56 Å². The quantitative estimate of drug-likeness (QED) is 0.920. The van der Waals surface area contributed by atoms with Crippen LogP contribution in [0.4, 0.5) is 5.82 Å². The number of anilines is 1. The molecule has 2 aromatic rings. The van der Waals surface area contributed by atoms with Gasteiger partial charge in [0.25, 0.3) is 0 Å². The molecule has 0 radical (unpaired) electrons. The van der Waals surface area contributed by atoms with Gasteiger partial charge in [-0.2, -0.15) is 0 Å². The van der Waals surface area contributed by atoms with Crippen LogP contribution in [0.25, 0.3) is 0 Å². The van der Waals surface area contributed by atoms with Gasteiger partial charge in [-0.05, 0) is 40.5 Å². The Kier molecular flexibility index (Phi) is 3.49. The third-order valence-corrected chi connectivity index (χ3v) is 3.12. The number of hydrogen-bond acceptors (Lipinski definition) is 4. The zero-order valence-electron chi connectivity index (χ0n) is 8.95. The van der Waals surface area contributed by atoms with Gasteiger partial charge in [0.15, 0.2) is 0 Å². The molecule has 0 fully saturated rings. The fourth-order valence-corrected chi connectivity index (χ4v) is 1.79. The molecule has 2 N–H and O–H groups in total. The fraction of sp³-hybridized carbons (Fsp3) is 0.0909. The van der Waals surface area contributed by atoms with Crippen molar-refractivity contribution in [3.63, 3.8) is 0 Å². The molecule has 0 aliphatic rings. The van der Waals surface area contributed by atoms with Crippen LogP contribution in [0.2, 0.25) is 5.02 Å². The number of hydrogen-bond donors (Lipinski definition) is 1. The molecule has 0 atom stereocenters. The van der Waals surface area contributed by atoms with Gasteiger partial charge in [0, 0.05) is 0 Å². The number of benzene rings is 1. The zero-order valence-corrected chi connectivity index (χ0v) is 11.3. The van der Waals surface area contributed by atoms with Crippen LogP contribution in [0, 0.1) is 6.92 Å². The third kappa shape index (κ3) is 2.68. The highest BCUT2D eigenvalue weighted by Crippen LogP contribution is 2.34. The molecule has 0 spiro atoms. The van der Waals surface area contributed by atoms with Crippen molar-refractivity contribution < 1.29 is 4.74 Å². The van der Waals surface area contributed by atoms with Gasteiger partial charge in [0.1, 0.15) is 22.4 Å². The topological polar surface area (TPSA) is 61.0 Å². The molecule has 88 valence electrons. The largest absolute Gasteiger partial charge is 0.436 e. The fourth-order valence-electron chi connectivity index (χ4n) is 1.23. The molecular formula is C11H9BrClN3O. The van der Waals surface area contributed by atoms with E-state index >= 15 is 0 Å². The summed E-state index contributed by atoms with van der Waals surface area (Å²) in [5, 5.41) is 0.522. The van der Waals surface area contributed by atoms with Crippen molar-refractivity contribution in [1.29, 1.82) is 0 Å². The van der Waals surface area contributed by atoms with Gasteiger partial charge in [-0.1, -0.05) is 17.7 Å². The third-order valence-electron chi connectivity index (χ3n) is 2.08. The average molecular weight is 315 g/mol. The average Bonchev–Trinajstić information content (AvgIpc) is 2.28. The lowest BCUT2D eigenvalue weighted by molar-refractivity contribution is 0.459. The summed E-state index contributed by atoms with van der Waals surface area (Å²) < 4.78 is 6.08. The second-order valence-electron chi connectivity index (χ2n) is 3.41. The van der Waals surface area contributed by atoms with Crippen LogP contribution in [-0.4, -0.2) is 9.97 Å². The van der Waals surface area contributed by atoms with Gasteiger partial charge < -0.3 is 10.5 Å². The minimum absolute atomic E-state index is 0.318. The lowest BCUT2D eigenvalue weighted by atomic mass is 10.2. The number of rotatable bonds is 2. The van der Waals surface area contributed by atoms with E-state index in [1.54, 1.807) is 6.07 Å². The van der Waals surface area contributed by atoms with Crippen LogP contribution in [0.5, 0.6) is 11.6 Å². The summed E-state index contributed by atoms with van der Waals surface area (Å²) in [5.41, 5.74) is 6.68. The second kappa shape index (κ2) is 4.89. The Morgan fingerprint density at radius 2 is 2.12 bits per heavy atom. The molecule has 2 rings (SSSR count). The van der Waals surface area contributed by atoms with Gasteiger partial charge in [0.2, 0.25) is 5.88 Å². The molecule has 1 aromatic carbocycles. The maximum Gasteiger partial charge on any atom is 0.238 e. The number of ether oxygens (including phenoxy) is 1. The predicted octanol–water partition coefficient (Wildman–Crippen LogP) is 3.58. The van der Waals surface area contributed by atoms with Crippen LogP contribution < -0.4 is 10.5 Å². The summed E-state index contributed by atoms with van der Waals surface area (Å²) in [6.07, 6.45) is 1.33. The number of nitrogens with two attached hydrogens (primary N) is 1. The summed E-state index contributed by atoms with van der Waals surface area (Å²) >= 11 is 9.32. The van der Waals surface area contributed by atoms with E-state index in [1.807, 2.05) is 19.1 Å². The van der Waals surface area contributed by atoms with Crippen molar-refractivity contribution in [2.45, 2.75) is 6.92 Å². The maximum atomic E-state index is 6.06. The van der Waals surface area contributed by atoms with Gasteiger partial charge in [0.05, 0.1) is 5.02 Å². The van der Waals surface area contributed by atoms with E-state index in [4.69, 9.17) is 22.1 Å². The zero-order chi connectivity index (χ0) is 12.4. The van der Waals surface area contributed by atoms with Crippen molar-refractivity contribution in [2.75, 3.05) is 5.73 Å². The van der Waals surface area contributed by atoms with Crippen LogP contribution in [0.1, 0.15) is 5.56 Å². The Bertz CT molecular complexity index is 562. The van der Waals surface area contributed by atoms with Crippen molar-refractivity contribution in [3.8, 4) is 11.6 Å². The van der Waals surface area contributed by atoms with E-state index in [-0.39, 0.29) is 0 Å². The van der Waals surface area contributed by atoms with Gasteiger partial charge in [-0.15, -0.1) is 0 Å². The summed E-state index contributed by atoms with van der Waals surface area (Å²) in [7, 11) is 0. The summed E-state index contributed by atoms with van der Waals surface area (Å²) in [6.45, 7) is 1.95. The van der Waals surface area contributed by atoms with E-state index < -0.39 is 0 Å². The molecule has 0 amide bonds. The number of aryl methyl sites for hydroxylation is 1. The van der Waals surface area contributed by atoms with E-state index in [0.29, 0.717) is 26.9 Å². The highest BCUT2D eigenvalue weighted by Gasteiger charge is 2.10. The van der Waals surface area contributed by atoms with Crippen molar-refractivity contribution in [1.82, 2.24) is 9.97 Å².